The molecule has 2 atom stereocenters. The van der Waals surface area contributed by atoms with Gasteiger partial charge in [-0.2, -0.15) is 0 Å². The minimum atomic E-state index is -0.138. The topological polar surface area (TPSA) is 12.5 Å². The van der Waals surface area contributed by atoms with Gasteiger partial charge in [0.25, 0.3) is 0 Å². The SMILES string of the molecule is C[C@@]1(c2ccc3ccccc3c2)O[C@@H]1[Si]. The lowest BCUT2D eigenvalue weighted by Gasteiger charge is -2.07. The fraction of sp³-hybridized carbons (Fsp3) is 0.231. The van der Waals surface area contributed by atoms with Crippen LogP contribution in [0, 0.1) is 0 Å². The van der Waals surface area contributed by atoms with Crippen molar-refractivity contribution < 1.29 is 4.74 Å². The van der Waals surface area contributed by atoms with Crippen molar-refractivity contribution in [2.45, 2.75) is 18.3 Å². The van der Waals surface area contributed by atoms with E-state index in [0.29, 0.717) is 0 Å². The summed E-state index contributed by atoms with van der Waals surface area (Å²) in [5.74, 6) is 0. The lowest BCUT2D eigenvalue weighted by molar-refractivity contribution is 0.325. The number of ether oxygens (including phenoxy) is 1. The first-order valence-corrected chi connectivity index (χ1v) is 5.66. The Morgan fingerprint density at radius 2 is 1.80 bits per heavy atom. The summed E-state index contributed by atoms with van der Waals surface area (Å²) in [4.78, 5) is 0. The highest BCUT2D eigenvalue weighted by molar-refractivity contribution is 6.13. The Bertz CT molecular complexity index is 523. The summed E-state index contributed by atoms with van der Waals surface area (Å²) < 4.78 is 5.55. The van der Waals surface area contributed by atoms with E-state index in [0.717, 1.165) is 0 Å². The second kappa shape index (κ2) is 2.94. The summed E-state index contributed by atoms with van der Waals surface area (Å²) in [6.07, 6.45) is 0. The van der Waals surface area contributed by atoms with E-state index in [-0.39, 0.29) is 11.3 Å². The van der Waals surface area contributed by atoms with Gasteiger partial charge in [0, 0.05) is 0 Å². The van der Waals surface area contributed by atoms with Crippen LogP contribution in [0.4, 0.5) is 0 Å². The Labute approximate surface area is 92.5 Å². The molecule has 1 fully saturated rings. The third-order valence-corrected chi connectivity index (χ3v) is 3.80. The maximum Gasteiger partial charge on any atom is 0.113 e. The van der Waals surface area contributed by atoms with Crippen molar-refractivity contribution in [2.75, 3.05) is 0 Å². The molecule has 1 aliphatic heterocycles. The summed E-state index contributed by atoms with van der Waals surface area (Å²) >= 11 is 0. The van der Waals surface area contributed by atoms with Crippen LogP contribution in [0.5, 0.6) is 0 Å². The van der Waals surface area contributed by atoms with Crippen LogP contribution in [-0.2, 0) is 10.3 Å². The van der Waals surface area contributed by atoms with Gasteiger partial charge in [0.2, 0.25) is 0 Å². The fourth-order valence-corrected chi connectivity index (χ4v) is 2.34. The maximum absolute atomic E-state index is 5.55. The minimum Gasteiger partial charge on any atom is -0.366 e. The number of hydrogen-bond donors (Lipinski definition) is 0. The Morgan fingerprint density at radius 1 is 1.13 bits per heavy atom. The van der Waals surface area contributed by atoms with E-state index in [4.69, 9.17) is 4.74 Å². The first-order chi connectivity index (χ1) is 7.20. The van der Waals surface area contributed by atoms with Crippen LogP contribution in [0.15, 0.2) is 42.5 Å². The average molecular weight is 211 g/mol. The number of fused-ring (bicyclic) bond motifs is 1. The van der Waals surface area contributed by atoms with Crippen molar-refractivity contribution in [3.05, 3.63) is 48.0 Å². The second-order valence-electron chi connectivity index (χ2n) is 4.17. The zero-order valence-electron chi connectivity index (χ0n) is 8.53. The largest absolute Gasteiger partial charge is 0.366 e. The van der Waals surface area contributed by atoms with Crippen molar-refractivity contribution in [3.8, 4) is 0 Å². The van der Waals surface area contributed by atoms with E-state index >= 15 is 0 Å². The van der Waals surface area contributed by atoms with E-state index in [2.05, 4.69) is 59.6 Å². The van der Waals surface area contributed by atoms with Gasteiger partial charge in [-0.1, -0.05) is 36.4 Å². The Kier molecular flexibility index (Phi) is 1.79. The van der Waals surface area contributed by atoms with Crippen molar-refractivity contribution in [2.24, 2.45) is 0 Å². The Morgan fingerprint density at radius 3 is 2.47 bits per heavy atom. The molecule has 15 heavy (non-hydrogen) atoms. The predicted octanol–water partition coefficient (Wildman–Crippen LogP) is 2.58. The molecule has 0 spiro atoms. The molecule has 0 amide bonds. The fourth-order valence-electron chi connectivity index (χ4n) is 1.93. The first kappa shape index (κ1) is 9.13. The number of rotatable bonds is 1. The summed E-state index contributed by atoms with van der Waals surface area (Å²) in [6, 6.07) is 14.9. The molecule has 0 N–H and O–H groups in total. The zero-order chi connectivity index (χ0) is 10.5. The van der Waals surface area contributed by atoms with E-state index < -0.39 is 0 Å². The van der Waals surface area contributed by atoms with Gasteiger partial charge in [-0.3, -0.25) is 0 Å². The van der Waals surface area contributed by atoms with Gasteiger partial charge in [-0.15, -0.1) is 0 Å². The molecule has 2 heteroatoms. The van der Waals surface area contributed by atoms with Gasteiger partial charge >= 0.3 is 0 Å². The monoisotopic (exact) mass is 211 g/mol. The zero-order valence-corrected chi connectivity index (χ0v) is 9.53. The van der Waals surface area contributed by atoms with Crippen LogP contribution in [0.1, 0.15) is 12.5 Å². The molecule has 3 rings (SSSR count). The smallest absolute Gasteiger partial charge is 0.113 e. The lowest BCUT2D eigenvalue weighted by Crippen LogP contribution is -2.07. The molecule has 2 aromatic rings. The van der Waals surface area contributed by atoms with Crippen LogP contribution in [0.3, 0.4) is 0 Å². The summed E-state index contributed by atoms with van der Waals surface area (Å²) in [5.41, 5.74) is 1.25. The van der Waals surface area contributed by atoms with Crippen molar-refractivity contribution in [1.29, 1.82) is 0 Å². The molecule has 3 radical (unpaired) electrons. The average Bonchev–Trinajstić information content (AvgIpc) is 2.88. The highest BCUT2D eigenvalue weighted by Crippen LogP contribution is 2.44. The molecule has 1 aliphatic rings. The van der Waals surface area contributed by atoms with Crippen molar-refractivity contribution >= 4 is 21.0 Å². The predicted molar refractivity (Wildman–Crippen MR) is 61.9 cm³/mol. The van der Waals surface area contributed by atoms with E-state index in [9.17, 15) is 0 Å². The summed E-state index contributed by atoms with van der Waals surface area (Å²) in [5, 5.41) is 2.54. The van der Waals surface area contributed by atoms with Gasteiger partial charge in [-0.05, 0) is 29.3 Å². The molecule has 73 valence electrons. The van der Waals surface area contributed by atoms with Crippen molar-refractivity contribution in [3.63, 3.8) is 0 Å². The lowest BCUT2D eigenvalue weighted by atomic mass is 9.98. The van der Waals surface area contributed by atoms with E-state index in [1.807, 2.05) is 0 Å². The van der Waals surface area contributed by atoms with Gasteiger partial charge in [-0.25, -0.2) is 0 Å². The molecule has 0 aromatic heterocycles. The quantitative estimate of drug-likeness (QED) is 0.522. The molecule has 0 aliphatic carbocycles. The van der Waals surface area contributed by atoms with E-state index in [1.54, 1.807) is 0 Å². The molecule has 1 heterocycles. The molecule has 0 saturated carbocycles. The summed E-state index contributed by atoms with van der Waals surface area (Å²) in [6.45, 7) is 2.11. The normalized spacial score (nSPS) is 29.3. The maximum atomic E-state index is 5.55. The molecule has 1 saturated heterocycles. The number of benzene rings is 2. The number of hydrogen-bond acceptors (Lipinski definition) is 1. The van der Waals surface area contributed by atoms with Gasteiger partial charge in [0.15, 0.2) is 0 Å². The molecule has 0 bridgehead atoms. The van der Waals surface area contributed by atoms with Gasteiger partial charge < -0.3 is 4.74 Å². The highest BCUT2D eigenvalue weighted by Gasteiger charge is 2.49. The molecule has 0 unspecified atom stereocenters. The molecule has 1 nitrogen and oxygen atoms in total. The van der Waals surface area contributed by atoms with Crippen LogP contribution >= 0.6 is 0 Å². The summed E-state index contributed by atoms with van der Waals surface area (Å²) in [7, 11) is 3.53. The van der Waals surface area contributed by atoms with Crippen LogP contribution in [0.2, 0.25) is 0 Å². The minimum absolute atomic E-state index is 0.138. The van der Waals surface area contributed by atoms with Crippen LogP contribution in [-0.4, -0.2) is 16.0 Å². The number of epoxide rings is 1. The Balaban J connectivity index is 2.15. The van der Waals surface area contributed by atoms with Crippen molar-refractivity contribution in [1.82, 2.24) is 0 Å². The van der Waals surface area contributed by atoms with Gasteiger partial charge in [0.05, 0.1) is 16.0 Å². The van der Waals surface area contributed by atoms with Gasteiger partial charge in [0.1, 0.15) is 5.60 Å². The molecular weight excluding hydrogens is 200 g/mol. The van der Waals surface area contributed by atoms with E-state index in [1.165, 1.54) is 16.3 Å². The van der Waals surface area contributed by atoms with Crippen LogP contribution < -0.4 is 0 Å². The Hall–Kier alpha value is -1.12. The highest BCUT2D eigenvalue weighted by atomic mass is 28.1. The van der Waals surface area contributed by atoms with Crippen LogP contribution in [0.25, 0.3) is 10.8 Å². The third kappa shape index (κ3) is 1.33. The standard InChI is InChI=1S/C13H11OSi/c1-13(12(15)14-13)11-7-6-9-4-2-3-5-10(9)8-11/h2-8,12H,1H3/t12-,13+/m1/s1. The second-order valence-corrected chi connectivity index (χ2v) is 4.69. The molecular formula is C13H11OSi. The third-order valence-electron chi connectivity index (χ3n) is 3.13. The molecule has 2 aromatic carbocycles. The first-order valence-electron chi connectivity index (χ1n) is 5.08.